The second-order valence-electron chi connectivity index (χ2n) is 4.58. The van der Waals surface area contributed by atoms with Gasteiger partial charge in [-0.25, -0.2) is 0 Å². The van der Waals surface area contributed by atoms with E-state index in [2.05, 4.69) is 31.0 Å². The van der Waals surface area contributed by atoms with Crippen molar-refractivity contribution in [3.63, 3.8) is 0 Å². The van der Waals surface area contributed by atoms with Crippen molar-refractivity contribution in [1.29, 1.82) is 0 Å². The molecular weight excluding hydrogens is 198 g/mol. The molecule has 3 nitrogen and oxygen atoms in total. The van der Waals surface area contributed by atoms with E-state index in [1.165, 1.54) is 37.7 Å². The van der Waals surface area contributed by atoms with Crippen molar-refractivity contribution in [2.45, 2.75) is 58.8 Å². The molecule has 0 radical (unpaired) electrons. The molecule has 1 aromatic rings. The summed E-state index contributed by atoms with van der Waals surface area (Å²) in [6.07, 6.45) is 8.20. The van der Waals surface area contributed by atoms with Crippen LogP contribution in [0.15, 0.2) is 6.20 Å². The largest absolute Gasteiger partial charge is 0.382 e. The van der Waals surface area contributed by atoms with Crippen LogP contribution in [0.1, 0.15) is 63.0 Å². The standard InChI is InChI=1S/C13H23N3/c1-4-5-6-7-8-10(2)12-11(3)9-15-16-13(12)14/h9-10H,4-8H2,1-3H3,(H2,14,16). The van der Waals surface area contributed by atoms with E-state index in [1.54, 1.807) is 6.20 Å². The Kier molecular flexibility index (Phi) is 5.23. The first kappa shape index (κ1) is 12.9. The minimum Gasteiger partial charge on any atom is -0.382 e. The van der Waals surface area contributed by atoms with Crippen LogP contribution >= 0.6 is 0 Å². The fraction of sp³-hybridized carbons (Fsp3) is 0.692. The third-order valence-electron chi connectivity index (χ3n) is 3.10. The van der Waals surface area contributed by atoms with Gasteiger partial charge in [-0.05, 0) is 24.8 Å². The number of hydrogen-bond donors (Lipinski definition) is 1. The number of anilines is 1. The van der Waals surface area contributed by atoms with Gasteiger partial charge in [-0.1, -0.05) is 39.5 Å². The summed E-state index contributed by atoms with van der Waals surface area (Å²) in [4.78, 5) is 0. The van der Waals surface area contributed by atoms with Crippen molar-refractivity contribution < 1.29 is 0 Å². The molecule has 0 amide bonds. The molecule has 0 spiro atoms. The molecule has 90 valence electrons. The molecular formula is C13H23N3. The minimum absolute atomic E-state index is 0.493. The normalized spacial score (nSPS) is 12.7. The Morgan fingerprint density at radius 2 is 2.06 bits per heavy atom. The molecule has 1 atom stereocenters. The highest BCUT2D eigenvalue weighted by Crippen LogP contribution is 2.27. The lowest BCUT2D eigenvalue weighted by Crippen LogP contribution is -2.06. The maximum absolute atomic E-state index is 5.88. The van der Waals surface area contributed by atoms with Crippen molar-refractivity contribution in [2.75, 3.05) is 5.73 Å². The number of aromatic nitrogens is 2. The first-order chi connectivity index (χ1) is 7.66. The van der Waals surface area contributed by atoms with Gasteiger partial charge in [0.2, 0.25) is 0 Å². The summed E-state index contributed by atoms with van der Waals surface area (Å²) in [5, 5.41) is 7.79. The summed E-state index contributed by atoms with van der Waals surface area (Å²) >= 11 is 0. The second-order valence-corrected chi connectivity index (χ2v) is 4.58. The summed E-state index contributed by atoms with van der Waals surface area (Å²) in [5.41, 5.74) is 8.23. The lowest BCUT2D eigenvalue weighted by molar-refractivity contribution is 0.577. The van der Waals surface area contributed by atoms with Crippen LogP contribution in [0.25, 0.3) is 0 Å². The van der Waals surface area contributed by atoms with Gasteiger partial charge in [-0.3, -0.25) is 0 Å². The highest BCUT2D eigenvalue weighted by molar-refractivity contribution is 5.44. The highest BCUT2D eigenvalue weighted by atomic mass is 15.1. The highest BCUT2D eigenvalue weighted by Gasteiger charge is 2.12. The van der Waals surface area contributed by atoms with Crippen LogP contribution in [0.3, 0.4) is 0 Å². The van der Waals surface area contributed by atoms with Crippen LogP contribution < -0.4 is 5.73 Å². The maximum Gasteiger partial charge on any atom is 0.149 e. The fourth-order valence-electron chi connectivity index (χ4n) is 2.17. The Morgan fingerprint density at radius 1 is 1.31 bits per heavy atom. The smallest absolute Gasteiger partial charge is 0.149 e. The zero-order valence-electron chi connectivity index (χ0n) is 10.7. The number of hydrogen-bond acceptors (Lipinski definition) is 3. The number of nitrogen functional groups attached to an aromatic ring is 1. The number of unbranched alkanes of at least 4 members (excludes halogenated alkanes) is 3. The monoisotopic (exact) mass is 221 g/mol. The molecule has 0 fully saturated rings. The molecule has 1 rings (SSSR count). The van der Waals surface area contributed by atoms with Gasteiger partial charge in [-0.2, -0.15) is 5.10 Å². The van der Waals surface area contributed by atoms with Crippen molar-refractivity contribution in [1.82, 2.24) is 10.2 Å². The molecule has 0 aliphatic rings. The molecule has 2 N–H and O–H groups in total. The van der Waals surface area contributed by atoms with E-state index < -0.39 is 0 Å². The number of nitrogens with zero attached hydrogens (tertiary/aromatic N) is 2. The van der Waals surface area contributed by atoms with Gasteiger partial charge in [0.15, 0.2) is 0 Å². The van der Waals surface area contributed by atoms with Crippen molar-refractivity contribution in [2.24, 2.45) is 0 Å². The zero-order valence-corrected chi connectivity index (χ0v) is 10.7. The molecule has 0 bridgehead atoms. The second kappa shape index (κ2) is 6.46. The van der Waals surface area contributed by atoms with Gasteiger partial charge in [-0.15, -0.1) is 5.10 Å². The Labute approximate surface area is 98.5 Å². The van der Waals surface area contributed by atoms with Crippen LogP contribution in [0.4, 0.5) is 5.82 Å². The van der Waals surface area contributed by atoms with Crippen LogP contribution in [0, 0.1) is 6.92 Å². The summed E-state index contributed by atoms with van der Waals surface area (Å²) in [7, 11) is 0. The average Bonchev–Trinajstić information content (AvgIpc) is 2.24. The molecule has 0 aromatic carbocycles. The predicted molar refractivity (Wildman–Crippen MR) is 68.4 cm³/mol. The SMILES string of the molecule is CCCCCCC(C)c1c(C)cnnc1N. The zero-order chi connectivity index (χ0) is 12.0. The van der Waals surface area contributed by atoms with Gasteiger partial charge in [0.05, 0.1) is 6.20 Å². The van der Waals surface area contributed by atoms with Gasteiger partial charge in [0.25, 0.3) is 0 Å². The van der Waals surface area contributed by atoms with E-state index >= 15 is 0 Å². The summed E-state index contributed by atoms with van der Waals surface area (Å²) in [6.45, 7) is 6.52. The Bertz CT molecular complexity index is 303. The number of aryl methyl sites for hydroxylation is 1. The minimum atomic E-state index is 0.493. The quantitative estimate of drug-likeness (QED) is 0.749. The topological polar surface area (TPSA) is 51.8 Å². The predicted octanol–water partition coefficient (Wildman–Crippen LogP) is 3.44. The van der Waals surface area contributed by atoms with E-state index in [4.69, 9.17) is 5.73 Å². The van der Waals surface area contributed by atoms with Crippen molar-refractivity contribution >= 4 is 5.82 Å². The van der Waals surface area contributed by atoms with Gasteiger partial charge < -0.3 is 5.73 Å². The molecule has 0 aliphatic carbocycles. The summed E-state index contributed by atoms with van der Waals surface area (Å²) in [6, 6.07) is 0. The molecule has 1 aromatic heterocycles. The van der Waals surface area contributed by atoms with Gasteiger partial charge in [0, 0.05) is 5.56 Å². The molecule has 0 saturated carbocycles. The van der Waals surface area contributed by atoms with E-state index in [0.717, 1.165) is 5.56 Å². The molecule has 3 heteroatoms. The van der Waals surface area contributed by atoms with E-state index in [1.807, 2.05) is 0 Å². The Hall–Kier alpha value is -1.12. The molecule has 0 aliphatic heterocycles. The third-order valence-corrected chi connectivity index (χ3v) is 3.10. The lowest BCUT2D eigenvalue weighted by atomic mass is 9.93. The fourth-order valence-corrected chi connectivity index (χ4v) is 2.17. The van der Waals surface area contributed by atoms with Crippen LogP contribution in [0.5, 0.6) is 0 Å². The Balaban J connectivity index is 2.55. The first-order valence-electron chi connectivity index (χ1n) is 6.24. The molecule has 0 saturated heterocycles. The van der Waals surface area contributed by atoms with Crippen molar-refractivity contribution in [3.8, 4) is 0 Å². The molecule has 1 heterocycles. The van der Waals surface area contributed by atoms with Crippen LogP contribution in [0.2, 0.25) is 0 Å². The van der Waals surface area contributed by atoms with Gasteiger partial charge >= 0.3 is 0 Å². The molecule has 1 unspecified atom stereocenters. The van der Waals surface area contributed by atoms with E-state index in [9.17, 15) is 0 Å². The number of nitrogens with two attached hydrogens (primary N) is 1. The van der Waals surface area contributed by atoms with Crippen LogP contribution in [-0.2, 0) is 0 Å². The lowest BCUT2D eigenvalue weighted by Gasteiger charge is -2.15. The van der Waals surface area contributed by atoms with E-state index in [0.29, 0.717) is 11.7 Å². The Morgan fingerprint density at radius 3 is 2.69 bits per heavy atom. The summed E-state index contributed by atoms with van der Waals surface area (Å²) < 4.78 is 0. The molecule has 16 heavy (non-hydrogen) atoms. The summed E-state index contributed by atoms with van der Waals surface area (Å²) in [5.74, 6) is 1.09. The maximum atomic E-state index is 5.88. The van der Waals surface area contributed by atoms with E-state index in [-0.39, 0.29) is 0 Å². The van der Waals surface area contributed by atoms with Gasteiger partial charge in [0.1, 0.15) is 5.82 Å². The average molecular weight is 221 g/mol. The van der Waals surface area contributed by atoms with Crippen LogP contribution in [-0.4, -0.2) is 10.2 Å². The van der Waals surface area contributed by atoms with Crippen molar-refractivity contribution in [3.05, 3.63) is 17.3 Å². The first-order valence-corrected chi connectivity index (χ1v) is 6.24. The third kappa shape index (κ3) is 3.47. The number of rotatable bonds is 6.